The van der Waals surface area contributed by atoms with Gasteiger partial charge >= 0.3 is 0 Å². The van der Waals surface area contributed by atoms with Gasteiger partial charge in [-0.25, -0.2) is 0 Å². The molecule has 0 spiro atoms. The van der Waals surface area contributed by atoms with Crippen molar-refractivity contribution in [3.05, 3.63) is 0 Å². The summed E-state index contributed by atoms with van der Waals surface area (Å²) in [6.45, 7) is 10.9. The van der Waals surface area contributed by atoms with Gasteiger partial charge in [-0.15, -0.1) is 0 Å². The van der Waals surface area contributed by atoms with Crippen molar-refractivity contribution in [2.24, 2.45) is 0 Å². The first-order chi connectivity index (χ1) is 9.38. The first-order valence-electron chi connectivity index (χ1n) is 8.41. The highest BCUT2D eigenvalue weighted by atomic mass is 16.5. The molecule has 0 saturated carbocycles. The first kappa shape index (κ1) is 16.9. The lowest BCUT2D eigenvalue weighted by atomic mass is 10.1. The second-order valence-corrected chi connectivity index (χ2v) is 5.66. The van der Waals surface area contributed by atoms with Gasteiger partial charge in [0.1, 0.15) is 0 Å². The predicted molar refractivity (Wildman–Crippen MR) is 82.7 cm³/mol. The number of unbranched alkanes of at least 4 members (excludes halogenated alkanes) is 1. The Morgan fingerprint density at radius 3 is 2.79 bits per heavy atom. The molecule has 0 aliphatic carbocycles. The van der Waals surface area contributed by atoms with Crippen LogP contribution >= 0.6 is 0 Å². The minimum atomic E-state index is 0.824. The van der Waals surface area contributed by atoms with Crippen molar-refractivity contribution < 1.29 is 4.74 Å². The van der Waals surface area contributed by atoms with Crippen molar-refractivity contribution in [1.82, 2.24) is 10.2 Å². The molecule has 114 valence electrons. The van der Waals surface area contributed by atoms with E-state index in [9.17, 15) is 0 Å². The summed E-state index contributed by atoms with van der Waals surface area (Å²) in [4.78, 5) is 2.69. The monoisotopic (exact) mass is 270 g/mol. The minimum Gasteiger partial charge on any atom is -0.380 e. The molecule has 0 aromatic heterocycles. The molecule has 0 aromatic rings. The van der Waals surface area contributed by atoms with E-state index in [2.05, 4.69) is 24.1 Å². The van der Waals surface area contributed by atoms with Crippen molar-refractivity contribution >= 4 is 0 Å². The molecule has 1 atom stereocenters. The summed E-state index contributed by atoms with van der Waals surface area (Å²) in [6, 6.07) is 0.824. The maximum Gasteiger partial charge on any atom is 0.0590 e. The summed E-state index contributed by atoms with van der Waals surface area (Å²) in [7, 11) is 0. The number of ether oxygens (including phenoxy) is 1. The van der Waals surface area contributed by atoms with Gasteiger partial charge in [-0.2, -0.15) is 0 Å². The Kier molecular flexibility index (Phi) is 10.4. The molecular weight excluding hydrogens is 236 g/mol. The van der Waals surface area contributed by atoms with Crippen LogP contribution in [-0.2, 0) is 4.74 Å². The minimum absolute atomic E-state index is 0.824. The molecule has 1 unspecified atom stereocenters. The van der Waals surface area contributed by atoms with E-state index in [0.717, 1.165) is 32.3 Å². The van der Waals surface area contributed by atoms with Crippen molar-refractivity contribution in [1.29, 1.82) is 0 Å². The summed E-state index contributed by atoms with van der Waals surface area (Å²) in [5.41, 5.74) is 0. The fourth-order valence-corrected chi connectivity index (χ4v) is 2.83. The number of hydrogen-bond acceptors (Lipinski definition) is 3. The van der Waals surface area contributed by atoms with Crippen LogP contribution in [0.15, 0.2) is 0 Å². The number of hydrogen-bond donors (Lipinski definition) is 1. The van der Waals surface area contributed by atoms with Crippen LogP contribution in [0.5, 0.6) is 0 Å². The van der Waals surface area contributed by atoms with E-state index in [1.165, 1.54) is 58.0 Å². The van der Waals surface area contributed by atoms with Gasteiger partial charge in [-0.05, 0) is 32.2 Å². The van der Waals surface area contributed by atoms with E-state index in [0.29, 0.717) is 0 Å². The average molecular weight is 270 g/mol. The molecule has 1 saturated heterocycles. The molecule has 1 heterocycles. The Hall–Kier alpha value is -0.120. The first-order valence-corrected chi connectivity index (χ1v) is 8.41. The topological polar surface area (TPSA) is 24.5 Å². The third kappa shape index (κ3) is 7.91. The summed E-state index contributed by atoms with van der Waals surface area (Å²) in [6.07, 6.45) is 9.35. The molecule has 0 radical (unpaired) electrons. The van der Waals surface area contributed by atoms with E-state index in [4.69, 9.17) is 4.74 Å². The predicted octanol–water partition coefficient (Wildman–Crippen LogP) is 3.05. The van der Waals surface area contributed by atoms with Crippen molar-refractivity contribution in [2.75, 3.05) is 39.4 Å². The standard InChI is InChI=1S/C16H34N2O/c1-3-5-14-19-15-11-17-10-13-18-12-8-6-7-9-16(18)4-2/h16-17H,3-15H2,1-2H3. The number of likely N-dealkylation sites (tertiary alicyclic amines) is 1. The summed E-state index contributed by atoms with van der Waals surface area (Å²) < 4.78 is 5.55. The van der Waals surface area contributed by atoms with Crippen LogP contribution in [-0.4, -0.2) is 50.3 Å². The number of nitrogens with one attached hydrogen (secondary N) is 1. The quantitative estimate of drug-likeness (QED) is 0.618. The van der Waals surface area contributed by atoms with Gasteiger partial charge in [0.2, 0.25) is 0 Å². The van der Waals surface area contributed by atoms with Gasteiger partial charge in [0.25, 0.3) is 0 Å². The summed E-state index contributed by atoms with van der Waals surface area (Å²) >= 11 is 0. The van der Waals surface area contributed by atoms with Crippen LogP contribution in [0.1, 0.15) is 58.8 Å². The lowest BCUT2D eigenvalue weighted by molar-refractivity contribution is 0.131. The Morgan fingerprint density at radius 2 is 2.00 bits per heavy atom. The summed E-state index contributed by atoms with van der Waals surface area (Å²) in [5.74, 6) is 0. The fraction of sp³-hybridized carbons (Fsp3) is 1.00. The SMILES string of the molecule is CCCCOCCNCCN1CCCCCC1CC. The van der Waals surface area contributed by atoms with Crippen LogP contribution in [0.2, 0.25) is 0 Å². The van der Waals surface area contributed by atoms with Crippen LogP contribution in [0.3, 0.4) is 0 Å². The molecule has 1 rings (SSSR count). The van der Waals surface area contributed by atoms with Crippen molar-refractivity contribution in [3.63, 3.8) is 0 Å². The van der Waals surface area contributed by atoms with Gasteiger partial charge in [-0.3, -0.25) is 4.90 Å². The van der Waals surface area contributed by atoms with Gasteiger partial charge in [-0.1, -0.05) is 33.1 Å². The van der Waals surface area contributed by atoms with Gasteiger partial charge in [0.15, 0.2) is 0 Å². The van der Waals surface area contributed by atoms with Crippen LogP contribution in [0.25, 0.3) is 0 Å². The van der Waals surface area contributed by atoms with Crippen LogP contribution < -0.4 is 5.32 Å². The van der Waals surface area contributed by atoms with Crippen molar-refractivity contribution in [2.45, 2.75) is 64.8 Å². The molecule has 3 heteroatoms. The largest absolute Gasteiger partial charge is 0.380 e. The maximum atomic E-state index is 5.55. The molecule has 3 nitrogen and oxygen atoms in total. The Balaban J connectivity index is 2.00. The van der Waals surface area contributed by atoms with Crippen LogP contribution in [0.4, 0.5) is 0 Å². The van der Waals surface area contributed by atoms with Crippen molar-refractivity contribution in [3.8, 4) is 0 Å². The van der Waals surface area contributed by atoms with E-state index >= 15 is 0 Å². The average Bonchev–Trinajstić information content (AvgIpc) is 2.66. The van der Waals surface area contributed by atoms with Gasteiger partial charge < -0.3 is 10.1 Å². The normalized spacial score (nSPS) is 21.5. The van der Waals surface area contributed by atoms with Gasteiger partial charge in [0.05, 0.1) is 6.61 Å². The van der Waals surface area contributed by atoms with E-state index < -0.39 is 0 Å². The van der Waals surface area contributed by atoms with E-state index in [1.54, 1.807) is 0 Å². The Bertz CT molecular complexity index is 199. The molecular formula is C16H34N2O. The lowest BCUT2D eigenvalue weighted by Gasteiger charge is -2.29. The molecule has 0 bridgehead atoms. The molecule has 0 aromatic carbocycles. The second kappa shape index (κ2) is 11.7. The zero-order chi connectivity index (χ0) is 13.8. The molecule has 19 heavy (non-hydrogen) atoms. The zero-order valence-corrected chi connectivity index (χ0v) is 13.1. The number of nitrogens with zero attached hydrogens (tertiary/aromatic N) is 1. The highest BCUT2D eigenvalue weighted by molar-refractivity contribution is 4.74. The van der Waals surface area contributed by atoms with E-state index in [-0.39, 0.29) is 0 Å². The highest BCUT2D eigenvalue weighted by Gasteiger charge is 2.18. The Labute approximate surface area is 120 Å². The van der Waals surface area contributed by atoms with E-state index in [1.807, 2.05) is 0 Å². The lowest BCUT2D eigenvalue weighted by Crippen LogP contribution is -2.39. The van der Waals surface area contributed by atoms with Gasteiger partial charge in [0, 0.05) is 32.3 Å². The number of rotatable bonds is 10. The third-order valence-electron chi connectivity index (χ3n) is 4.11. The Morgan fingerprint density at radius 1 is 1.11 bits per heavy atom. The highest BCUT2D eigenvalue weighted by Crippen LogP contribution is 2.18. The molecule has 1 aliphatic rings. The molecule has 0 amide bonds. The van der Waals surface area contributed by atoms with Crippen LogP contribution in [0, 0.1) is 0 Å². The molecule has 1 aliphatic heterocycles. The smallest absolute Gasteiger partial charge is 0.0590 e. The molecule has 1 N–H and O–H groups in total. The maximum absolute atomic E-state index is 5.55. The molecule has 1 fully saturated rings. The second-order valence-electron chi connectivity index (χ2n) is 5.66. The zero-order valence-electron chi connectivity index (χ0n) is 13.1. The fourth-order valence-electron chi connectivity index (χ4n) is 2.83. The summed E-state index contributed by atoms with van der Waals surface area (Å²) in [5, 5.41) is 3.51. The third-order valence-corrected chi connectivity index (χ3v) is 4.11.